The van der Waals surface area contributed by atoms with Crippen LogP contribution in [-0.4, -0.2) is 10.9 Å². The SMILES string of the molecule is CC(NC(=O)CCc1ncc(-c2ccc(F)cc2)o1)c1ccc(C(F)(F)F)cc1. The number of oxazole rings is 1. The molecule has 0 radical (unpaired) electrons. The third kappa shape index (κ3) is 5.43. The fourth-order valence-corrected chi connectivity index (χ4v) is 2.75. The van der Waals surface area contributed by atoms with Crippen LogP contribution in [0.1, 0.15) is 36.4 Å². The van der Waals surface area contributed by atoms with Gasteiger partial charge in [-0.3, -0.25) is 4.79 Å². The van der Waals surface area contributed by atoms with Gasteiger partial charge in [-0.25, -0.2) is 9.37 Å². The lowest BCUT2D eigenvalue weighted by atomic mass is 10.1. The van der Waals surface area contributed by atoms with Gasteiger partial charge in [0, 0.05) is 18.4 Å². The highest BCUT2D eigenvalue weighted by atomic mass is 19.4. The molecular weight excluding hydrogens is 388 g/mol. The number of aromatic nitrogens is 1. The van der Waals surface area contributed by atoms with E-state index < -0.39 is 17.8 Å². The second-order valence-electron chi connectivity index (χ2n) is 6.53. The van der Waals surface area contributed by atoms with Crippen LogP contribution in [0.15, 0.2) is 59.1 Å². The van der Waals surface area contributed by atoms with Crippen LogP contribution in [0, 0.1) is 5.82 Å². The molecule has 1 N–H and O–H groups in total. The Morgan fingerprint density at radius 2 is 1.76 bits per heavy atom. The zero-order valence-electron chi connectivity index (χ0n) is 15.5. The maximum atomic E-state index is 13.0. The molecule has 1 unspecified atom stereocenters. The smallest absolute Gasteiger partial charge is 0.416 e. The zero-order chi connectivity index (χ0) is 21.0. The van der Waals surface area contributed by atoms with Crippen molar-refractivity contribution in [3.8, 4) is 11.3 Å². The number of nitrogens with one attached hydrogen (secondary N) is 1. The number of rotatable bonds is 6. The molecule has 0 spiro atoms. The third-order valence-corrected chi connectivity index (χ3v) is 4.36. The fraction of sp³-hybridized carbons (Fsp3) is 0.238. The summed E-state index contributed by atoms with van der Waals surface area (Å²) in [4.78, 5) is 16.2. The number of aryl methyl sites for hydroxylation is 1. The fourth-order valence-electron chi connectivity index (χ4n) is 2.75. The van der Waals surface area contributed by atoms with E-state index in [1.807, 2.05) is 0 Å². The van der Waals surface area contributed by atoms with Gasteiger partial charge in [0.2, 0.25) is 5.91 Å². The number of alkyl halides is 3. The van der Waals surface area contributed by atoms with E-state index in [0.717, 1.165) is 12.1 Å². The van der Waals surface area contributed by atoms with Crippen molar-refractivity contribution >= 4 is 5.91 Å². The normalized spacial score (nSPS) is 12.6. The molecule has 0 fully saturated rings. The van der Waals surface area contributed by atoms with Gasteiger partial charge < -0.3 is 9.73 Å². The Labute approximate surface area is 164 Å². The Kier molecular flexibility index (Phi) is 6.00. The van der Waals surface area contributed by atoms with Crippen molar-refractivity contribution in [3.63, 3.8) is 0 Å². The van der Waals surface area contributed by atoms with E-state index in [-0.39, 0.29) is 24.6 Å². The van der Waals surface area contributed by atoms with Gasteiger partial charge in [-0.2, -0.15) is 13.2 Å². The summed E-state index contributed by atoms with van der Waals surface area (Å²) in [7, 11) is 0. The van der Waals surface area contributed by atoms with Crippen molar-refractivity contribution < 1.29 is 26.8 Å². The highest BCUT2D eigenvalue weighted by Gasteiger charge is 2.30. The van der Waals surface area contributed by atoms with Crippen LogP contribution >= 0.6 is 0 Å². The number of hydrogen-bond donors (Lipinski definition) is 1. The van der Waals surface area contributed by atoms with Gasteiger partial charge in [0.1, 0.15) is 5.82 Å². The van der Waals surface area contributed by atoms with Crippen molar-refractivity contribution in [3.05, 3.63) is 77.6 Å². The number of amides is 1. The van der Waals surface area contributed by atoms with Crippen LogP contribution in [0.4, 0.5) is 17.6 Å². The van der Waals surface area contributed by atoms with Gasteiger partial charge in [0.15, 0.2) is 11.7 Å². The molecule has 1 heterocycles. The molecule has 3 aromatic rings. The molecule has 29 heavy (non-hydrogen) atoms. The van der Waals surface area contributed by atoms with Gasteiger partial charge in [-0.15, -0.1) is 0 Å². The summed E-state index contributed by atoms with van der Waals surface area (Å²) in [5.74, 6) is 0.200. The molecule has 1 amide bonds. The molecule has 0 aliphatic carbocycles. The van der Waals surface area contributed by atoms with E-state index in [4.69, 9.17) is 4.42 Å². The van der Waals surface area contributed by atoms with Crippen molar-refractivity contribution in [1.82, 2.24) is 10.3 Å². The Morgan fingerprint density at radius 3 is 2.38 bits per heavy atom. The van der Waals surface area contributed by atoms with Crippen LogP contribution in [0.2, 0.25) is 0 Å². The maximum Gasteiger partial charge on any atom is 0.416 e. The summed E-state index contributed by atoms with van der Waals surface area (Å²) >= 11 is 0. The van der Waals surface area contributed by atoms with Gasteiger partial charge in [0.05, 0.1) is 17.8 Å². The average molecular weight is 406 g/mol. The van der Waals surface area contributed by atoms with Crippen molar-refractivity contribution in [2.75, 3.05) is 0 Å². The van der Waals surface area contributed by atoms with Crippen LogP contribution in [-0.2, 0) is 17.4 Å². The molecule has 0 saturated carbocycles. The Bertz CT molecular complexity index is 964. The van der Waals surface area contributed by atoms with E-state index in [1.54, 1.807) is 19.1 Å². The van der Waals surface area contributed by atoms with E-state index >= 15 is 0 Å². The van der Waals surface area contributed by atoms with E-state index in [2.05, 4.69) is 10.3 Å². The van der Waals surface area contributed by atoms with Crippen LogP contribution < -0.4 is 5.32 Å². The molecule has 1 atom stereocenters. The first-order chi connectivity index (χ1) is 13.7. The molecule has 2 aromatic carbocycles. The quantitative estimate of drug-likeness (QED) is 0.565. The van der Waals surface area contributed by atoms with Gasteiger partial charge in [-0.05, 0) is 48.9 Å². The van der Waals surface area contributed by atoms with Gasteiger partial charge in [0.25, 0.3) is 0 Å². The van der Waals surface area contributed by atoms with Crippen molar-refractivity contribution in [2.45, 2.75) is 32.0 Å². The Balaban J connectivity index is 1.53. The number of carbonyl (C=O) groups is 1. The molecule has 3 rings (SSSR count). The molecular formula is C21H18F4N2O2. The number of benzene rings is 2. The number of carbonyl (C=O) groups excluding carboxylic acids is 1. The molecule has 8 heteroatoms. The molecule has 0 aliphatic heterocycles. The molecule has 4 nitrogen and oxygen atoms in total. The largest absolute Gasteiger partial charge is 0.441 e. The van der Waals surface area contributed by atoms with Gasteiger partial charge in [-0.1, -0.05) is 12.1 Å². The number of nitrogens with zero attached hydrogens (tertiary/aromatic N) is 1. The maximum absolute atomic E-state index is 13.0. The summed E-state index contributed by atoms with van der Waals surface area (Å²) in [5, 5.41) is 2.74. The second-order valence-corrected chi connectivity index (χ2v) is 6.53. The van der Waals surface area contributed by atoms with E-state index in [9.17, 15) is 22.4 Å². The first kappa shape index (κ1) is 20.6. The molecule has 0 aliphatic rings. The monoisotopic (exact) mass is 406 g/mol. The van der Waals surface area contributed by atoms with Crippen LogP contribution in [0.5, 0.6) is 0 Å². The zero-order valence-corrected chi connectivity index (χ0v) is 15.5. The molecule has 0 saturated heterocycles. The first-order valence-electron chi connectivity index (χ1n) is 8.89. The highest BCUT2D eigenvalue weighted by Crippen LogP contribution is 2.30. The van der Waals surface area contributed by atoms with Crippen LogP contribution in [0.3, 0.4) is 0 Å². The number of hydrogen-bond acceptors (Lipinski definition) is 3. The molecule has 1 aromatic heterocycles. The van der Waals surface area contributed by atoms with Crippen molar-refractivity contribution in [1.29, 1.82) is 0 Å². The Morgan fingerprint density at radius 1 is 1.10 bits per heavy atom. The predicted octanol–water partition coefficient (Wildman–Crippen LogP) is 5.31. The minimum atomic E-state index is -4.40. The number of halogens is 4. The summed E-state index contributed by atoms with van der Waals surface area (Å²) < 4.78 is 56.4. The lowest BCUT2D eigenvalue weighted by Gasteiger charge is -2.15. The minimum absolute atomic E-state index is 0.106. The Hall–Kier alpha value is -3.16. The topological polar surface area (TPSA) is 55.1 Å². The third-order valence-electron chi connectivity index (χ3n) is 4.36. The minimum Gasteiger partial charge on any atom is -0.441 e. The standard InChI is InChI=1S/C21H18F4N2O2/c1-13(14-2-6-16(7-3-14)21(23,24)25)27-19(28)10-11-20-26-12-18(29-20)15-4-8-17(22)9-5-15/h2-9,12-13H,10-11H2,1H3,(H,27,28). The highest BCUT2D eigenvalue weighted by molar-refractivity contribution is 5.76. The van der Waals surface area contributed by atoms with E-state index in [1.165, 1.54) is 30.5 Å². The summed E-state index contributed by atoms with van der Waals surface area (Å²) in [6.45, 7) is 1.69. The first-order valence-corrected chi connectivity index (χ1v) is 8.89. The predicted molar refractivity (Wildman–Crippen MR) is 98.2 cm³/mol. The lowest BCUT2D eigenvalue weighted by Crippen LogP contribution is -2.26. The van der Waals surface area contributed by atoms with Crippen LogP contribution in [0.25, 0.3) is 11.3 Å². The van der Waals surface area contributed by atoms with E-state index in [0.29, 0.717) is 22.8 Å². The second kappa shape index (κ2) is 8.46. The molecule has 152 valence electrons. The summed E-state index contributed by atoms with van der Waals surface area (Å²) in [6.07, 6.45) is -2.53. The molecule has 0 bridgehead atoms. The summed E-state index contributed by atoms with van der Waals surface area (Å²) in [5.41, 5.74) is 0.507. The average Bonchev–Trinajstić information content (AvgIpc) is 3.15. The lowest BCUT2D eigenvalue weighted by molar-refractivity contribution is -0.137. The van der Waals surface area contributed by atoms with Crippen molar-refractivity contribution in [2.24, 2.45) is 0 Å². The van der Waals surface area contributed by atoms with Gasteiger partial charge >= 0.3 is 6.18 Å². The summed E-state index contributed by atoms with van der Waals surface area (Å²) in [6, 6.07) is 9.98.